The highest BCUT2D eigenvalue weighted by atomic mass is 32.2. The van der Waals surface area contributed by atoms with Gasteiger partial charge in [-0.3, -0.25) is 4.79 Å². The van der Waals surface area contributed by atoms with Gasteiger partial charge in [0.05, 0.1) is 4.90 Å². The number of carbonyl (C=O) groups excluding carboxylic acids is 1. The quantitative estimate of drug-likeness (QED) is 0.711. The molecule has 0 amide bonds. The molecular weight excluding hydrogens is 200 g/mol. The maximum atomic E-state index is 11.3. The SMILES string of the molecule is C=Cc1cc(C=O)ccc1S(C)(=O)=O. The van der Waals surface area contributed by atoms with Crippen molar-refractivity contribution in [1.29, 1.82) is 0 Å². The van der Waals surface area contributed by atoms with Crippen molar-refractivity contribution in [3.05, 3.63) is 35.9 Å². The highest BCUT2D eigenvalue weighted by Crippen LogP contribution is 2.17. The van der Waals surface area contributed by atoms with Gasteiger partial charge in [-0.25, -0.2) is 8.42 Å². The molecule has 0 bridgehead atoms. The predicted molar refractivity (Wildman–Crippen MR) is 55.0 cm³/mol. The molecular formula is C10H10O3S. The third kappa shape index (κ3) is 2.09. The molecule has 0 N–H and O–H groups in total. The van der Waals surface area contributed by atoms with E-state index in [0.29, 0.717) is 17.4 Å². The van der Waals surface area contributed by atoms with E-state index >= 15 is 0 Å². The first-order valence-corrected chi connectivity index (χ1v) is 5.80. The lowest BCUT2D eigenvalue weighted by Gasteiger charge is -2.03. The molecule has 0 radical (unpaired) electrons. The van der Waals surface area contributed by atoms with Crippen LogP contribution in [0.15, 0.2) is 29.7 Å². The van der Waals surface area contributed by atoms with Crippen molar-refractivity contribution in [2.75, 3.05) is 6.26 Å². The lowest BCUT2D eigenvalue weighted by atomic mass is 10.1. The fourth-order valence-corrected chi connectivity index (χ4v) is 2.02. The van der Waals surface area contributed by atoms with Gasteiger partial charge in [-0.2, -0.15) is 0 Å². The molecule has 0 saturated heterocycles. The van der Waals surface area contributed by atoms with Crippen LogP contribution in [0.3, 0.4) is 0 Å². The summed E-state index contributed by atoms with van der Waals surface area (Å²) in [5.74, 6) is 0. The third-order valence-corrected chi connectivity index (χ3v) is 2.96. The van der Waals surface area contributed by atoms with Crippen LogP contribution in [0, 0.1) is 0 Å². The molecule has 0 unspecified atom stereocenters. The molecule has 0 saturated carbocycles. The summed E-state index contributed by atoms with van der Waals surface area (Å²) in [5, 5.41) is 0. The first kappa shape index (κ1) is 10.7. The van der Waals surface area contributed by atoms with Crippen LogP contribution in [-0.2, 0) is 9.84 Å². The van der Waals surface area contributed by atoms with Gasteiger partial charge in [0.25, 0.3) is 0 Å². The molecule has 14 heavy (non-hydrogen) atoms. The molecule has 0 aliphatic heterocycles. The van der Waals surface area contributed by atoms with Crippen molar-refractivity contribution in [3.63, 3.8) is 0 Å². The zero-order chi connectivity index (χ0) is 10.8. The monoisotopic (exact) mass is 210 g/mol. The van der Waals surface area contributed by atoms with Crippen LogP contribution in [-0.4, -0.2) is 21.0 Å². The first-order valence-electron chi connectivity index (χ1n) is 3.91. The lowest BCUT2D eigenvalue weighted by Crippen LogP contribution is -2.00. The van der Waals surface area contributed by atoms with Gasteiger partial charge >= 0.3 is 0 Å². The summed E-state index contributed by atoms with van der Waals surface area (Å²) in [6.45, 7) is 3.50. The molecule has 0 atom stereocenters. The average Bonchev–Trinajstić information content (AvgIpc) is 2.15. The second-order valence-electron chi connectivity index (χ2n) is 2.89. The van der Waals surface area contributed by atoms with Crippen molar-refractivity contribution in [2.45, 2.75) is 4.90 Å². The number of benzene rings is 1. The van der Waals surface area contributed by atoms with Gasteiger partial charge in [-0.05, 0) is 17.7 Å². The second kappa shape index (κ2) is 3.75. The molecule has 0 aromatic heterocycles. The van der Waals surface area contributed by atoms with E-state index in [2.05, 4.69) is 6.58 Å². The van der Waals surface area contributed by atoms with E-state index in [1.807, 2.05) is 0 Å². The van der Waals surface area contributed by atoms with Gasteiger partial charge in [0.1, 0.15) is 6.29 Å². The summed E-state index contributed by atoms with van der Waals surface area (Å²) in [6, 6.07) is 4.38. The molecule has 1 rings (SSSR count). The van der Waals surface area contributed by atoms with Gasteiger partial charge in [0.15, 0.2) is 9.84 Å². The Balaban J connectivity index is 3.47. The fourth-order valence-electron chi connectivity index (χ4n) is 1.14. The van der Waals surface area contributed by atoms with E-state index in [-0.39, 0.29) is 4.90 Å². The van der Waals surface area contributed by atoms with Crippen LogP contribution in [0.5, 0.6) is 0 Å². The van der Waals surface area contributed by atoms with Crippen LogP contribution in [0.25, 0.3) is 6.08 Å². The van der Waals surface area contributed by atoms with Gasteiger partial charge in [-0.15, -0.1) is 0 Å². The van der Waals surface area contributed by atoms with E-state index in [1.54, 1.807) is 0 Å². The highest BCUT2D eigenvalue weighted by Gasteiger charge is 2.11. The number of aldehydes is 1. The highest BCUT2D eigenvalue weighted by molar-refractivity contribution is 7.90. The molecule has 0 spiro atoms. The van der Waals surface area contributed by atoms with Crippen molar-refractivity contribution < 1.29 is 13.2 Å². The topological polar surface area (TPSA) is 51.2 Å². The Morgan fingerprint density at radius 1 is 1.36 bits per heavy atom. The Morgan fingerprint density at radius 2 is 2.00 bits per heavy atom. The molecule has 0 aliphatic carbocycles. The normalized spacial score (nSPS) is 10.9. The minimum Gasteiger partial charge on any atom is -0.298 e. The van der Waals surface area contributed by atoms with Crippen molar-refractivity contribution in [1.82, 2.24) is 0 Å². The summed E-state index contributed by atoms with van der Waals surface area (Å²) in [5.41, 5.74) is 0.893. The predicted octanol–water partition coefficient (Wildman–Crippen LogP) is 1.55. The Labute approximate surface area is 83.0 Å². The van der Waals surface area contributed by atoms with E-state index < -0.39 is 9.84 Å². The average molecular weight is 210 g/mol. The maximum absolute atomic E-state index is 11.3. The smallest absolute Gasteiger partial charge is 0.176 e. The minimum atomic E-state index is -3.26. The Bertz CT molecular complexity index is 472. The number of hydrogen-bond donors (Lipinski definition) is 0. The van der Waals surface area contributed by atoms with Crippen LogP contribution >= 0.6 is 0 Å². The Hall–Kier alpha value is -1.42. The molecule has 0 heterocycles. The van der Waals surface area contributed by atoms with Gasteiger partial charge in [0, 0.05) is 11.8 Å². The van der Waals surface area contributed by atoms with Crippen molar-refractivity contribution >= 4 is 22.2 Å². The number of sulfone groups is 1. The molecule has 74 valence electrons. The van der Waals surface area contributed by atoms with E-state index in [1.165, 1.54) is 24.3 Å². The number of rotatable bonds is 3. The summed E-state index contributed by atoms with van der Waals surface area (Å²) in [6.07, 6.45) is 3.21. The number of hydrogen-bond acceptors (Lipinski definition) is 3. The second-order valence-corrected chi connectivity index (χ2v) is 4.88. The van der Waals surface area contributed by atoms with Gasteiger partial charge in [0.2, 0.25) is 0 Å². The maximum Gasteiger partial charge on any atom is 0.176 e. The largest absolute Gasteiger partial charge is 0.298 e. The Morgan fingerprint density at radius 3 is 2.43 bits per heavy atom. The van der Waals surface area contributed by atoms with Crippen LogP contribution in [0.4, 0.5) is 0 Å². The molecule has 1 aromatic carbocycles. The van der Waals surface area contributed by atoms with Crippen LogP contribution in [0.1, 0.15) is 15.9 Å². The molecule has 0 aliphatic rings. The summed E-state index contributed by atoms with van der Waals surface area (Å²) in [7, 11) is -3.26. The third-order valence-electron chi connectivity index (χ3n) is 1.79. The zero-order valence-electron chi connectivity index (χ0n) is 7.73. The standard InChI is InChI=1S/C10H10O3S/c1-3-9-6-8(7-11)4-5-10(9)14(2,12)13/h3-7H,1H2,2H3. The number of carbonyl (C=O) groups is 1. The van der Waals surface area contributed by atoms with Crippen LogP contribution < -0.4 is 0 Å². The fraction of sp³-hybridized carbons (Fsp3) is 0.100. The molecule has 4 heteroatoms. The molecule has 0 fully saturated rings. The molecule has 3 nitrogen and oxygen atoms in total. The van der Waals surface area contributed by atoms with Crippen molar-refractivity contribution in [3.8, 4) is 0 Å². The lowest BCUT2D eigenvalue weighted by molar-refractivity contribution is 0.112. The zero-order valence-corrected chi connectivity index (χ0v) is 8.54. The minimum absolute atomic E-state index is 0.193. The van der Waals surface area contributed by atoms with Gasteiger partial charge < -0.3 is 0 Å². The van der Waals surface area contributed by atoms with Crippen LogP contribution in [0.2, 0.25) is 0 Å². The first-order chi connectivity index (χ1) is 6.49. The van der Waals surface area contributed by atoms with Gasteiger partial charge in [-0.1, -0.05) is 18.7 Å². The molecule has 1 aromatic rings. The summed E-state index contributed by atoms with van der Waals surface area (Å²) in [4.78, 5) is 10.6. The van der Waals surface area contributed by atoms with E-state index in [0.717, 1.165) is 6.26 Å². The van der Waals surface area contributed by atoms with E-state index in [4.69, 9.17) is 0 Å². The summed E-state index contributed by atoms with van der Waals surface area (Å²) < 4.78 is 22.6. The summed E-state index contributed by atoms with van der Waals surface area (Å²) >= 11 is 0. The van der Waals surface area contributed by atoms with E-state index in [9.17, 15) is 13.2 Å². The van der Waals surface area contributed by atoms with Crippen molar-refractivity contribution in [2.24, 2.45) is 0 Å². The Kier molecular flexibility index (Phi) is 2.86.